The number of fused-ring (bicyclic) bond motifs is 8. The van der Waals surface area contributed by atoms with Crippen molar-refractivity contribution in [1.82, 2.24) is 10.2 Å². The Morgan fingerprint density at radius 1 is 1.02 bits per heavy atom. The fourth-order valence-corrected chi connectivity index (χ4v) is 11.3. The third-order valence-corrected chi connectivity index (χ3v) is 14.6. The number of benzene rings is 1. The van der Waals surface area contributed by atoms with Crippen molar-refractivity contribution in [1.29, 1.82) is 0 Å². The van der Waals surface area contributed by atoms with E-state index >= 15 is 0 Å². The molecule has 4 unspecified atom stereocenters. The normalized spacial score (nSPS) is 36.1. The van der Waals surface area contributed by atoms with Crippen LogP contribution in [0.3, 0.4) is 0 Å². The highest BCUT2D eigenvalue weighted by atomic mass is 16.7. The number of esters is 3. The molecular weight excluding hydrogens is 821 g/mol. The van der Waals surface area contributed by atoms with Crippen LogP contribution >= 0.6 is 0 Å². The number of aliphatic hydroxyl groups excluding tert-OH is 2. The van der Waals surface area contributed by atoms with Gasteiger partial charge in [-0.1, -0.05) is 45.9 Å². The number of nitrogens with zero attached hydrogens (tertiary/aromatic N) is 1. The minimum absolute atomic E-state index is 0.0465. The van der Waals surface area contributed by atoms with Gasteiger partial charge in [0.25, 0.3) is 0 Å². The number of alkyl carbamates (subject to hydrolysis) is 1. The second kappa shape index (κ2) is 17.0. The molecule has 63 heavy (non-hydrogen) atoms. The van der Waals surface area contributed by atoms with Gasteiger partial charge in [0, 0.05) is 42.7 Å². The fraction of sp³-hybridized carbons (Fsp3) is 0.739. The molecule has 3 heterocycles. The smallest absolute Gasteiger partial charge is 0.407 e. The molecule has 0 aromatic heterocycles. The van der Waals surface area contributed by atoms with Gasteiger partial charge in [-0.15, -0.1) is 0 Å². The van der Waals surface area contributed by atoms with Crippen LogP contribution in [0.25, 0.3) is 0 Å². The van der Waals surface area contributed by atoms with Crippen LogP contribution in [-0.2, 0) is 47.5 Å². The van der Waals surface area contributed by atoms with Gasteiger partial charge in [0.2, 0.25) is 0 Å². The highest BCUT2D eigenvalue weighted by Gasteiger charge is 2.77. The van der Waals surface area contributed by atoms with Crippen LogP contribution in [0.15, 0.2) is 41.5 Å². The Labute approximate surface area is 369 Å². The largest absolute Gasteiger partial charge is 0.456 e. The predicted molar refractivity (Wildman–Crippen MR) is 223 cm³/mol. The molecule has 2 saturated carbocycles. The zero-order valence-corrected chi connectivity index (χ0v) is 38.1. The summed E-state index contributed by atoms with van der Waals surface area (Å²) in [6.07, 6.45) is -7.96. The van der Waals surface area contributed by atoms with E-state index < -0.39 is 112 Å². The molecule has 3 saturated heterocycles. The molecule has 3 aliphatic carbocycles. The molecule has 2 bridgehead atoms. The second-order valence-corrected chi connectivity index (χ2v) is 20.6. The van der Waals surface area contributed by atoms with Gasteiger partial charge in [-0.05, 0) is 70.9 Å². The summed E-state index contributed by atoms with van der Waals surface area (Å²) in [5, 5.41) is 38.2. The molecule has 17 nitrogen and oxygen atoms in total. The van der Waals surface area contributed by atoms with E-state index in [0.717, 1.165) is 0 Å². The number of hydrogen-bond donors (Lipinski definition) is 4. The molecule has 5 fully saturated rings. The molecule has 1 amide bonds. The van der Waals surface area contributed by atoms with E-state index in [2.05, 4.69) is 5.32 Å². The van der Waals surface area contributed by atoms with Crippen molar-refractivity contribution in [2.45, 2.75) is 147 Å². The van der Waals surface area contributed by atoms with Gasteiger partial charge in [0.15, 0.2) is 18.0 Å². The predicted octanol–water partition coefficient (Wildman–Crippen LogP) is 3.06. The summed E-state index contributed by atoms with van der Waals surface area (Å²) in [5.41, 5.74) is -6.22. The third kappa shape index (κ3) is 8.30. The van der Waals surface area contributed by atoms with Crippen LogP contribution in [0.4, 0.5) is 4.79 Å². The molecule has 0 spiro atoms. The summed E-state index contributed by atoms with van der Waals surface area (Å²) < 4.78 is 50.3. The molecule has 4 N–H and O–H groups in total. The van der Waals surface area contributed by atoms with Gasteiger partial charge in [-0.2, -0.15) is 0 Å². The lowest BCUT2D eigenvalue weighted by molar-refractivity contribution is -0.345. The van der Waals surface area contributed by atoms with Crippen LogP contribution in [0.1, 0.15) is 91.9 Å². The molecule has 6 aliphatic rings. The summed E-state index contributed by atoms with van der Waals surface area (Å²) >= 11 is 0. The molecule has 1 aromatic rings. The van der Waals surface area contributed by atoms with Gasteiger partial charge in [0.1, 0.15) is 35.6 Å². The Bertz CT molecular complexity index is 1950. The SMILES string of the molecule is CC(=O)O[C@@]12COC1CC[C@@]1(C)C3O[C@H](CN(C)CCO)OC3C3=C(C)[C@@H](OC(=O)[C@H](O)[C@@H](NC(=O)OC(C)(C)C)C4(C)COC4)C[C@@](O)([C@@H](OC(=O)c4ccccc4)C12)C3(C)C. The second-order valence-electron chi connectivity index (χ2n) is 20.6. The van der Waals surface area contributed by atoms with Gasteiger partial charge in [0.05, 0.1) is 50.1 Å². The van der Waals surface area contributed by atoms with Crippen LogP contribution < -0.4 is 5.32 Å². The maximum atomic E-state index is 14.5. The van der Waals surface area contributed by atoms with Crippen LogP contribution in [0, 0.1) is 22.2 Å². The minimum atomic E-state index is -2.08. The van der Waals surface area contributed by atoms with Crippen LogP contribution in [0.2, 0.25) is 0 Å². The van der Waals surface area contributed by atoms with Crippen molar-refractivity contribution in [3.05, 3.63) is 47.0 Å². The Kier molecular flexibility index (Phi) is 12.7. The van der Waals surface area contributed by atoms with Crippen molar-refractivity contribution in [3.8, 4) is 0 Å². The minimum Gasteiger partial charge on any atom is -0.456 e. The Morgan fingerprint density at radius 2 is 1.70 bits per heavy atom. The van der Waals surface area contributed by atoms with Gasteiger partial charge in [-0.3, -0.25) is 9.69 Å². The number of ether oxygens (including phenoxy) is 8. The lowest BCUT2D eigenvalue weighted by atomic mass is 9.45. The molecule has 1 aromatic carbocycles. The Morgan fingerprint density at radius 3 is 2.27 bits per heavy atom. The van der Waals surface area contributed by atoms with E-state index in [1.54, 1.807) is 65.0 Å². The van der Waals surface area contributed by atoms with Crippen molar-refractivity contribution < 1.29 is 72.4 Å². The number of rotatable bonds is 12. The zero-order chi connectivity index (χ0) is 46.1. The molecule has 0 radical (unpaired) electrons. The first-order valence-electron chi connectivity index (χ1n) is 22.0. The number of carbonyl (C=O) groups excluding carboxylic acids is 4. The first kappa shape index (κ1) is 47.3. The Balaban J connectivity index is 1.37. The van der Waals surface area contributed by atoms with Crippen molar-refractivity contribution in [2.75, 3.05) is 46.6 Å². The van der Waals surface area contributed by atoms with E-state index in [9.17, 15) is 34.5 Å². The summed E-state index contributed by atoms with van der Waals surface area (Å²) in [5.74, 6) is -3.37. The first-order chi connectivity index (χ1) is 29.4. The number of amides is 1. The summed E-state index contributed by atoms with van der Waals surface area (Å²) in [4.78, 5) is 57.0. The fourth-order valence-electron chi connectivity index (χ4n) is 11.3. The number of carbonyl (C=O) groups is 4. The standard InChI is InChI=1S/C46H66N2O15/c1-25-28(58-39(53)32(51)35(43(8)22-56-23-43)47-40(54)63-41(3,4)5)20-46(55)37(61-38(52)27-14-12-11-13-15-27)34-44(9,17-16-29-45(34,24-57-29)62-26(2)50)36-33(31(25)42(46,6)7)59-30(60-36)21-48(10)18-19-49/h11-15,28-30,32-37,49,51,55H,16-24H2,1-10H3,(H,47,54)/t28-,29?,30+,32+,33?,34?,35+,36?,37-,44+,45-,46+/m0/s1. The van der Waals surface area contributed by atoms with Crippen LogP contribution in [0.5, 0.6) is 0 Å². The van der Waals surface area contributed by atoms with E-state index in [1.165, 1.54) is 6.92 Å². The summed E-state index contributed by atoms with van der Waals surface area (Å²) in [6.45, 7) is 16.3. The molecule has 350 valence electrons. The van der Waals surface area contributed by atoms with Gasteiger partial charge in [-0.25, -0.2) is 14.4 Å². The Hall–Kier alpha value is -3.68. The quantitative estimate of drug-likeness (QED) is 0.135. The highest BCUT2D eigenvalue weighted by Crippen LogP contribution is 2.66. The van der Waals surface area contributed by atoms with Gasteiger partial charge >= 0.3 is 24.0 Å². The maximum Gasteiger partial charge on any atom is 0.407 e. The van der Waals surface area contributed by atoms with Crippen LogP contribution in [-0.4, -0.2) is 157 Å². The van der Waals surface area contributed by atoms with E-state index in [4.69, 9.17) is 37.9 Å². The number of hydrogen-bond acceptors (Lipinski definition) is 16. The number of nitrogens with one attached hydrogen (secondary N) is 1. The monoisotopic (exact) mass is 886 g/mol. The number of aliphatic hydroxyl groups is 3. The molecule has 7 rings (SSSR count). The van der Waals surface area contributed by atoms with E-state index in [0.29, 0.717) is 30.5 Å². The first-order valence-corrected chi connectivity index (χ1v) is 22.0. The van der Waals surface area contributed by atoms with E-state index in [1.807, 2.05) is 32.7 Å². The lowest BCUT2D eigenvalue weighted by Crippen LogP contribution is -2.79. The zero-order valence-electron chi connectivity index (χ0n) is 38.1. The topological polar surface area (TPSA) is 218 Å². The van der Waals surface area contributed by atoms with Crippen molar-refractivity contribution in [2.24, 2.45) is 22.2 Å². The van der Waals surface area contributed by atoms with Crippen molar-refractivity contribution in [3.63, 3.8) is 0 Å². The number of likely N-dealkylation sites (N-methyl/N-ethyl adjacent to an activating group) is 1. The third-order valence-electron chi connectivity index (χ3n) is 14.6. The average molecular weight is 887 g/mol. The average Bonchev–Trinajstić information content (AvgIpc) is 3.58. The van der Waals surface area contributed by atoms with E-state index in [-0.39, 0.29) is 45.0 Å². The molecule has 3 aliphatic heterocycles. The van der Waals surface area contributed by atoms with Crippen molar-refractivity contribution >= 4 is 24.0 Å². The molecule has 17 heteroatoms. The summed E-state index contributed by atoms with van der Waals surface area (Å²) in [7, 11) is 1.83. The van der Waals surface area contributed by atoms with Gasteiger partial charge < -0.3 is 58.5 Å². The highest BCUT2D eigenvalue weighted by molar-refractivity contribution is 5.89. The maximum absolute atomic E-state index is 14.5. The summed E-state index contributed by atoms with van der Waals surface area (Å²) in [6, 6.07) is 7.18. The molecule has 12 atom stereocenters. The molecular formula is C46H66N2O15. The lowest BCUT2D eigenvalue weighted by Gasteiger charge is -2.68.